The van der Waals surface area contributed by atoms with Crippen LogP contribution in [-0.2, 0) is 4.79 Å². The highest BCUT2D eigenvalue weighted by molar-refractivity contribution is 5.98. The molecule has 1 atom stereocenters. The van der Waals surface area contributed by atoms with Gasteiger partial charge in [0.1, 0.15) is 11.8 Å². The van der Waals surface area contributed by atoms with Crippen LogP contribution in [0.5, 0.6) is 5.75 Å². The van der Waals surface area contributed by atoms with E-state index in [1.807, 2.05) is 49.1 Å². The summed E-state index contributed by atoms with van der Waals surface area (Å²) in [5.74, 6) is 0.0884. The quantitative estimate of drug-likeness (QED) is 0.697. The summed E-state index contributed by atoms with van der Waals surface area (Å²) in [6.45, 7) is 4.87. The van der Waals surface area contributed by atoms with Crippen molar-refractivity contribution in [1.82, 2.24) is 15.5 Å². The SMILES string of the molecule is COc1ccc(C(=O)N[C@@H](C(=O)NC(C)C)C2CCN(C(=O)c3ccccc3)CC2)cc1. The van der Waals surface area contributed by atoms with E-state index in [0.29, 0.717) is 42.8 Å². The van der Waals surface area contributed by atoms with Gasteiger partial charge in [0.05, 0.1) is 7.11 Å². The van der Waals surface area contributed by atoms with Crippen molar-refractivity contribution in [3.8, 4) is 5.75 Å². The minimum Gasteiger partial charge on any atom is -0.497 e. The number of nitrogens with zero attached hydrogens (tertiary/aromatic N) is 1. The van der Waals surface area contributed by atoms with Crippen LogP contribution >= 0.6 is 0 Å². The van der Waals surface area contributed by atoms with Crippen molar-refractivity contribution in [3.63, 3.8) is 0 Å². The average Bonchev–Trinajstić information content (AvgIpc) is 2.82. The highest BCUT2D eigenvalue weighted by Crippen LogP contribution is 2.23. The van der Waals surface area contributed by atoms with E-state index in [9.17, 15) is 14.4 Å². The van der Waals surface area contributed by atoms with Gasteiger partial charge in [0, 0.05) is 30.3 Å². The Kier molecular flexibility index (Phi) is 7.87. The molecule has 2 N–H and O–H groups in total. The van der Waals surface area contributed by atoms with Crippen LogP contribution in [0.4, 0.5) is 0 Å². The zero-order valence-electron chi connectivity index (χ0n) is 18.8. The van der Waals surface area contributed by atoms with E-state index in [4.69, 9.17) is 4.74 Å². The van der Waals surface area contributed by atoms with Crippen molar-refractivity contribution in [2.24, 2.45) is 5.92 Å². The fourth-order valence-corrected chi connectivity index (χ4v) is 3.94. The molecule has 1 heterocycles. The van der Waals surface area contributed by atoms with Crippen LogP contribution in [0.2, 0.25) is 0 Å². The van der Waals surface area contributed by atoms with Gasteiger partial charge < -0.3 is 20.3 Å². The number of hydrogen-bond donors (Lipinski definition) is 2. The fraction of sp³-hybridized carbons (Fsp3) is 0.400. The highest BCUT2D eigenvalue weighted by Gasteiger charge is 2.34. The molecule has 0 spiro atoms. The molecule has 7 heteroatoms. The Bertz CT molecular complexity index is 920. The van der Waals surface area contributed by atoms with Crippen LogP contribution in [0.1, 0.15) is 47.4 Å². The van der Waals surface area contributed by atoms with Crippen molar-refractivity contribution in [2.75, 3.05) is 20.2 Å². The van der Waals surface area contributed by atoms with Gasteiger partial charge in [-0.25, -0.2) is 0 Å². The normalized spacial score (nSPS) is 15.2. The summed E-state index contributed by atoms with van der Waals surface area (Å²) in [4.78, 5) is 40.3. The van der Waals surface area contributed by atoms with Gasteiger partial charge in [-0.3, -0.25) is 14.4 Å². The lowest BCUT2D eigenvalue weighted by atomic mass is 9.88. The first-order valence-electron chi connectivity index (χ1n) is 11.0. The maximum atomic E-state index is 12.9. The van der Waals surface area contributed by atoms with Gasteiger partial charge in [-0.2, -0.15) is 0 Å². The van der Waals surface area contributed by atoms with Gasteiger partial charge in [-0.15, -0.1) is 0 Å². The standard InChI is InChI=1S/C25H31N3O4/c1-17(2)26-24(30)22(27-23(29)19-9-11-21(32-3)12-10-19)18-13-15-28(16-14-18)25(31)20-7-5-4-6-8-20/h4-12,17-18,22H,13-16H2,1-3H3,(H,26,30)(H,27,29)/t22-/m1/s1. The number of carbonyl (C=O) groups is 3. The number of ether oxygens (including phenoxy) is 1. The molecule has 7 nitrogen and oxygen atoms in total. The lowest BCUT2D eigenvalue weighted by Gasteiger charge is -2.36. The summed E-state index contributed by atoms with van der Waals surface area (Å²) >= 11 is 0. The first-order valence-corrected chi connectivity index (χ1v) is 11.0. The largest absolute Gasteiger partial charge is 0.497 e. The van der Waals surface area contributed by atoms with Crippen LogP contribution in [-0.4, -0.2) is 54.9 Å². The van der Waals surface area contributed by atoms with Crippen LogP contribution < -0.4 is 15.4 Å². The smallest absolute Gasteiger partial charge is 0.253 e. The molecule has 1 saturated heterocycles. The third-order valence-corrected chi connectivity index (χ3v) is 5.67. The van der Waals surface area contributed by atoms with Gasteiger partial charge >= 0.3 is 0 Å². The minimum atomic E-state index is -0.666. The monoisotopic (exact) mass is 437 g/mol. The van der Waals surface area contributed by atoms with Gasteiger partial charge in [0.25, 0.3) is 11.8 Å². The summed E-state index contributed by atoms with van der Waals surface area (Å²) in [6, 6.07) is 15.3. The van der Waals surface area contributed by atoms with Crippen molar-refractivity contribution in [3.05, 3.63) is 65.7 Å². The Morgan fingerprint density at radius 3 is 2.09 bits per heavy atom. The lowest BCUT2D eigenvalue weighted by Crippen LogP contribution is -2.54. The second-order valence-corrected chi connectivity index (χ2v) is 8.34. The molecule has 1 aliphatic heterocycles. The van der Waals surface area contributed by atoms with Crippen molar-refractivity contribution < 1.29 is 19.1 Å². The Balaban J connectivity index is 1.68. The molecule has 0 unspecified atom stereocenters. The minimum absolute atomic E-state index is 0.00509. The first-order chi connectivity index (χ1) is 15.4. The molecule has 0 saturated carbocycles. The van der Waals surface area contributed by atoms with E-state index < -0.39 is 6.04 Å². The topological polar surface area (TPSA) is 87.7 Å². The molecule has 2 aromatic rings. The van der Waals surface area contributed by atoms with Crippen molar-refractivity contribution >= 4 is 17.7 Å². The molecule has 170 valence electrons. The van der Waals surface area contributed by atoms with Crippen LogP contribution in [0, 0.1) is 5.92 Å². The summed E-state index contributed by atoms with van der Waals surface area (Å²) in [6.07, 6.45) is 1.27. The Labute approximate surface area is 189 Å². The van der Waals surface area contributed by atoms with Crippen LogP contribution in [0.25, 0.3) is 0 Å². The number of likely N-dealkylation sites (tertiary alicyclic amines) is 1. The third-order valence-electron chi connectivity index (χ3n) is 5.67. The maximum Gasteiger partial charge on any atom is 0.253 e. The van der Waals surface area contributed by atoms with E-state index >= 15 is 0 Å². The second kappa shape index (κ2) is 10.8. The van der Waals surface area contributed by atoms with Crippen molar-refractivity contribution in [1.29, 1.82) is 0 Å². The Morgan fingerprint density at radius 1 is 0.906 bits per heavy atom. The number of amides is 3. The molecule has 3 rings (SSSR count). The van der Waals surface area contributed by atoms with Gasteiger partial charge in [-0.05, 0) is 69.0 Å². The zero-order chi connectivity index (χ0) is 23.1. The highest BCUT2D eigenvalue weighted by atomic mass is 16.5. The van der Waals surface area contributed by atoms with E-state index in [2.05, 4.69) is 10.6 Å². The number of rotatable bonds is 7. The molecule has 32 heavy (non-hydrogen) atoms. The predicted molar refractivity (Wildman–Crippen MR) is 123 cm³/mol. The summed E-state index contributed by atoms with van der Waals surface area (Å²) in [5, 5.41) is 5.85. The molecule has 0 bridgehead atoms. The molecule has 3 amide bonds. The third kappa shape index (κ3) is 5.87. The summed E-state index contributed by atoms with van der Waals surface area (Å²) in [5.41, 5.74) is 1.12. The molecule has 1 fully saturated rings. The fourth-order valence-electron chi connectivity index (χ4n) is 3.94. The second-order valence-electron chi connectivity index (χ2n) is 8.34. The Morgan fingerprint density at radius 2 is 1.53 bits per heavy atom. The van der Waals surface area contributed by atoms with Gasteiger partial charge in [-0.1, -0.05) is 18.2 Å². The molecule has 2 aromatic carbocycles. The predicted octanol–water partition coefficient (Wildman–Crippen LogP) is 2.87. The van der Waals surface area contributed by atoms with Crippen molar-refractivity contribution in [2.45, 2.75) is 38.8 Å². The number of hydrogen-bond acceptors (Lipinski definition) is 4. The van der Waals surface area contributed by atoms with E-state index in [0.717, 1.165) is 0 Å². The molecule has 0 aromatic heterocycles. The lowest BCUT2D eigenvalue weighted by molar-refractivity contribution is -0.125. The number of benzene rings is 2. The zero-order valence-corrected chi connectivity index (χ0v) is 18.8. The van der Waals surface area contributed by atoms with E-state index in [1.54, 1.807) is 31.4 Å². The first kappa shape index (κ1) is 23.3. The molecule has 0 radical (unpaired) electrons. The number of piperidine rings is 1. The summed E-state index contributed by atoms with van der Waals surface area (Å²) in [7, 11) is 1.57. The molecule has 0 aliphatic carbocycles. The maximum absolute atomic E-state index is 12.9. The van der Waals surface area contributed by atoms with Crippen LogP contribution in [0.3, 0.4) is 0 Å². The summed E-state index contributed by atoms with van der Waals surface area (Å²) < 4.78 is 5.14. The number of carbonyl (C=O) groups excluding carboxylic acids is 3. The van der Waals surface area contributed by atoms with Gasteiger partial charge in [0.2, 0.25) is 5.91 Å². The van der Waals surface area contributed by atoms with E-state index in [1.165, 1.54) is 0 Å². The molecular weight excluding hydrogens is 406 g/mol. The van der Waals surface area contributed by atoms with Crippen LogP contribution in [0.15, 0.2) is 54.6 Å². The number of methoxy groups -OCH3 is 1. The van der Waals surface area contributed by atoms with Gasteiger partial charge in [0.15, 0.2) is 0 Å². The molecular formula is C25H31N3O4. The van der Waals surface area contributed by atoms with E-state index in [-0.39, 0.29) is 29.7 Å². The molecule has 1 aliphatic rings. The number of nitrogens with one attached hydrogen (secondary N) is 2. The Hall–Kier alpha value is -3.35. The average molecular weight is 438 g/mol.